The summed E-state index contributed by atoms with van der Waals surface area (Å²) in [6, 6.07) is 8.12. The number of methoxy groups -OCH3 is 1. The van der Waals surface area contributed by atoms with E-state index < -0.39 is 0 Å². The smallest absolute Gasteiger partial charge is 0.191 e. The molecule has 1 unspecified atom stereocenters. The van der Waals surface area contributed by atoms with Crippen molar-refractivity contribution >= 4 is 5.96 Å². The average molecular weight is 277 g/mol. The number of nitrogens with zero attached hydrogens (tertiary/aromatic N) is 1. The molecule has 0 aliphatic heterocycles. The molecule has 1 aromatic carbocycles. The number of para-hydroxylation sites is 1. The van der Waals surface area contributed by atoms with E-state index in [1.54, 1.807) is 14.2 Å². The van der Waals surface area contributed by atoms with Gasteiger partial charge in [-0.25, -0.2) is 0 Å². The van der Waals surface area contributed by atoms with E-state index in [-0.39, 0.29) is 5.54 Å². The summed E-state index contributed by atoms with van der Waals surface area (Å²) in [5.41, 5.74) is 1.20. The van der Waals surface area contributed by atoms with E-state index in [1.807, 2.05) is 18.2 Å². The molecule has 0 radical (unpaired) electrons. The van der Waals surface area contributed by atoms with Crippen LogP contribution >= 0.6 is 0 Å². The Kier molecular flexibility index (Phi) is 5.86. The molecule has 4 heteroatoms. The Bertz CT molecular complexity index is 449. The molecule has 0 saturated carbocycles. The van der Waals surface area contributed by atoms with Gasteiger partial charge >= 0.3 is 0 Å². The van der Waals surface area contributed by atoms with Crippen LogP contribution in [0.4, 0.5) is 0 Å². The second-order valence-electron chi connectivity index (χ2n) is 5.97. The van der Waals surface area contributed by atoms with Gasteiger partial charge in [-0.3, -0.25) is 4.99 Å². The van der Waals surface area contributed by atoms with Crippen molar-refractivity contribution in [3.8, 4) is 5.75 Å². The van der Waals surface area contributed by atoms with Crippen molar-refractivity contribution in [1.82, 2.24) is 10.6 Å². The Hall–Kier alpha value is -1.71. The normalized spacial score (nSPS) is 13.8. The fourth-order valence-corrected chi connectivity index (χ4v) is 1.97. The van der Waals surface area contributed by atoms with Crippen LogP contribution in [-0.2, 0) is 0 Å². The zero-order valence-corrected chi connectivity index (χ0v) is 13.4. The molecule has 0 saturated heterocycles. The summed E-state index contributed by atoms with van der Waals surface area (Å²) in [7, 11) is 3.49. The number of ether oxygens (including phenoxy) is 1. The second kappa shape index (κ2) is 7.17. The Labute approximate surface area is 122 Å². The Morgan fingerprint density at radius 3 is 2.50 bits per heavy atom. The zero-order chi connectivity index (χ0) is 15.2. The van der Waals surface area contributed by atoms with Crippen LogP contribution < -0.4 is 15.4 Å². The summed E-state index contributed by atoms with van der Waals surface area (Å²) < 4.78 is 5.41. The van der Waals surface area contributed by atoms with Gasteiger partial charge in [0, 0.05) is 25.0 Å². The van der Waals surface area contributed by atoms with E-state index in [9.17, 15) is 0 Å². The van der Waals surface area contributed by atoms with E-state index >= 15 is 0 Å². The number of rotatable bonds is 4. The standard InChI is InChI=1S/C16H27N3O/c1-12(13-9-7-8-10-14(13)20-6)11-18-15(17-5)19-16(2,3)4/h7-10,12H,11H2,1-6H3,(H2,17,18,19). The maximum absolute atomic E-state index is 5.41. The molecule has 0 aliphatic carbocycles. The highest BCUT2D eigenvalue weighted by molar-refractivity contribution is 5.80. The van der Waals surface area contributed by atoms with Crippen LogP contribution in [0.5, 0.6) is 5.75 Å². The fraction of sp³-hybridized carbons (Fsp3) is 0.562. The molecule has 2 N–H and O–H groups in total. The molecular formula is C16H27N3O. The Morgan fingerprint density at radius 2 is 1.95 bits per heavy atom. The van der Waals surface area contributed by atoms with Crippen LogP contribution in [0.1, 0.15) is 39.2 Å². The van der Waals surface area contributed by atoms with E-state index in [2.05, 4.69) is 49.4 Å². The molecule has 1 rings (SSSR count). The van der Waals surface area contributed by atoms with Crippen molar-refractivity contribution in [3.05, 3.63) is 29.8 Å². The van der Waals surface area contributed by atoms with Gasteiger partial charge in [-0.1, -0.05) is 25.1 Å². The van der Waals surface area contributed by atoms with Crippen LogP contribution in [0.2, 0.25) is 0 Å². The molecule has 112 valence electrons. The maximum atomic E-state index is 5.41. The van der Waals surface area contributed by atoms with Crippen LogP contribution in [0.15, 0.2) is 29.3 Å². The number of benzene rings is 1. The monoisotopic (exact) mass is 277 g/mol. The van der Waals surface area contributed by atoms with Gasteiger partial charge in [0.1, 0.15) is 5.75 Å². The van der Waals surface area contributed by atoms with Gasteiger partial charge in [-0.15, -0.1) is 0 Å². The molecule has 4 nitrogen and oxygen atoms in total. The minimum absolute atomic E-state index is 0.00445. The van der Waals surface area contributed by atoms with Crippen LogP contribution in [0, 0.1) is 0 Å². The third-order valence-electron chi connectivity index (χ3n) is 2.96. The summed E-state index contributed by atoms with van der Waals surface area (Å²) in [6.45, 7) is 9.32. The van der Waals surface area contributed by atoms with Crippen molar-refractivity contribution in [1.29, 1.82) is 0 Å². The van der Waals surface area contributed by atoms with Crippen molar-refractivity contribution in [2.24, 2.45) is 4.99 Å². The number of guanidine groups is 1. The molecule has 1 atom stereocenters. The molecule has 0 aromatic heterocycles. The highest BCUT2D eigenvalue weighted by Crippen LogP contribution is 2.25. The van der Waals surface area contributed by atoms with Crippen molar-refractivity contribution in [2.45, 2.75) is 39.2 Å². The number of nitrogens with one attached hydrogen (secondary N) is 2. The van der Waals surface area contributed by atoms with Crippen molar-refractivity contribution < 1.29 is 4.74 Å². The molecule has 20 heavy (non-hydrogen) atoms. The first-order valence-electron chi connectivity index (χ1n) is 6.99. The van der Waals surface area contributed by atoms with Gasteiger partial charge in [0.25, 0.3) is 0 Å². The SMILES string of the molecule is CN=C(NCC(C)c1ccccc1OC)NC(C)(C)C. The minimum Gasteiger partial charge on any atom is -0.496 e. The van der Waals surface area contributed by atoms with Gasteiger partial charge in [-0.05, 0) is 32.4 Å². The predicted molar refractivity (Wildman–Crippen MR) is 85.7 cm³/mol. The summed E-state index contributed by atoms with van der Waals surface area (Å²) >= 11 is 0. The highest BCUT2D eigenvalue weighted by Gasteiger charge is 2.14. The quantitative estimate of drug-likeness (QED) is 0.657. The van der Waals surface area contributed by atoms with Crippen LogP contribution in [0.25, 0.3) is 0 Å². The summed E-state index contributed by atoms with van der Waals surface area (Å²) in [5.74, 6) is 2.09. The van der Waals surface area contributed by atoms with E-state index in [0.717, 1.165) is 18.3 Å². The summed E-state index contributed by atoms with van der Waals surface area (Å²) in [4.78, 5) is 4.24. The van der Waals surface area contributed by atoms with Gasteiger partial charge in [-0.2, -0.15) is 0 Å². The molecular weight excluding hydrogens is 250 g/mol. The lowest BCUT2D eigenvalue weighted by Crippen LogP contribution is -2.48. The lowest BCUT2D eigenvalue weighted by molar-refractivity contribution is 0.406. The van der Waals surface area contributed by atoms with Gasteiger partial charge < -0.3 is 15.4 Å². The lowest BCUT2D eigenvalue weighted by Gasteiger charge is -2.25. The van der Waals surface area contributed by atoms with E-state index in [1.165, 1.54) is 5.56 Å². The van der Waals surface area contributed by atoms with Crippen molar-refractivity contribution in [3.63, 3.8) is 0 Å². The van der Waals surface area contributed by atoms with Crippen LogP contribution in [0.3, 0.4) is 0 Å². The summed E-state index contributed by atoms with van der Waals surface area (Å²) in [6.07, 6.45) is 0. The average Bonchev–Trinajstić information content (AvgIpc) is 2.41. The molecule has 1 aromatic rings. The molecule has 0 aliphatic rings. The largest absolute Gasteiger partial charge is 0.496 e. The van der Waals surface area contributed by atoms with Gasteiger partial charge in [0.05, 0.1) is 7.11 Å². The highest BCUT2D eigenvalue weighted by atomic mass is 16.5. The first-order chi connectivity index (χ1) is 9.37. The fourth-order valence-electron chi connectivity index (χ4n) is 1.97. The third kappa shape index (κ3) is 5.11. The van der Waals surface area contributed by atoms with Crippen molar-refractivity contribution in [2.75, 3.05) is 20.7 Å². The van der Waals surface area contributed by atoms with E-state index in [4.69, 9.17) is 4.74 Å². The molecule has 0 heterocycles. The first-order valence-corrected chi connectivity index (χ1v) is 6.99. The molecule has 0 fully saturated rings. The number of aliphatic imine (C=N–C) groups is 1. The van der Waals surface area contributed by atoms with Gasteiger partial charge in [0.15, 0.2) is 5.96 Å². The molecule has 0 bridgehead atoms. The predicted octanol–water partition coefficient (Wildman–Crippen LogP) is 2.76. The summed E-state index contributed by atoms with van der Waals surface area (Å²) in [5, 5.41) is 6.71. The van der Waals surface area contributed by atoms with E-state index in [0.29, 0.717) is 5.92 Å². The lowest BCUT2D eigenvalue weighted by atomic mass is 10.00. The third-order valence-corrected chi connectivity index (χ3v) is 2.96. The topological polar surface area (TPSA) is 45.7 Å². The Balaban J connectivity index is 2.64. The zero-order valence-electron chi connectivity index (χ0n) is 13.4. The van der Waals surface area contributed by atoms with Crippen LogP contribution in [-0.4, -0.2) is 32.2 Å². The van der Waals surface area contributed by atoms with Gasteiger partial charge in [0.2, 0.25) is 0 Å². The molecule has 0 amide bonds. The minimum atomic E-state index is -0.00445. The Morgan fingerprint density at radius 1 is 1.30 bits per heavy atom. The molecule has 0 spiro atoms. The number of hydrogen-bond acceptors (Lipinski definition) is 2. The maximum Gasteiger partial charge on any atom is 0.191 e. The number of hydrogen-bond donors (Lipinski definition) is 2. The first kappa shape index (κ1) is 16.3. The second-order valence-corrected chi connectivity index (χ2v) is 5.97.